The van der Waals surface area contributed by atoms with Crippen molar-refractivity contribution in [3.05, 3.63) is 52.0 Å². The van der Waals surface area contributed by atoms with Crippen LogP contribution in [-0.2, 0) is 27.4 Å². The molecular weight excluding hydrogens is 473 g/mol. The zero-order chi connectivity index (χ0) is 24.8. The van der Waals surface area contributed by atoms with E-state index < -0.39 is 12.1 Å². The number of alkyl halides is 3. The van der Waals surface area contributed by atoms with Gasteiger partial charge in [0, 0.05) is 49.1 Å². The molecule has 1 aromatic heterocycles. The number of carbonyl (C=O) groups excluding carboxylic acids is 1. The van der Waals surface area contributed by atoms with Crippen LogP contribution in [0.2, 0.25) is 0 Å². The zero-order valence-corrected chi connectivity index (χ0v) is 18.9. The molecule has 182 valence electrons. The molecule has 2 fully saturated rings. The highest BCUT2D eigenvalue weighted by atomic mass is 32.1. The van der Waals surface area contributed by atoms with E-state index in [2.05, 4.69) is 16.0 Å². The van der Waals surface area contributed by atoms with E-state index in [9.17, 15) is 18.0 Å². The van der Waals surface area contributed by atoms with Crippen LogP contribution in [-0.4, -0.2) is 70.8 Å². The number of nitrogens with zero attached hydrogens (tertiary/aromatic N) is 4. The Morgan fingerprint density at radius 3 is 2.56 bits per heavy atom. The van der Waals surface area contributed by atoms with Gasteiger partial charge in [0.1, 0.15) is 0 Å². The molecule has 4 rings (SSSR count). The summed E-state index contributed by atoms with van der Waals surface area (Å²) in [7, 11) is 0. The van der Waals surface area contributed by atoms with Crippen LogP contribution in [0.3, 0.4) is 0 Å². The molecule has 8 nitrogen and oxygen atoms in total. The molecule has 0 saturated carbocycles. The van der Waals surface area contributed by atoms with Crippen molar-refractivity contribution in [3.8, 4) is 6.07 Å². The van der Waals surface area contributed by atoms with E-state index in [-0.39, 0.29) is 11.3 Å². The first kappa shape index (κ1) is 25.6. The van der Waals surface area contributed by atoms with Crippen LogP contribution in [0, 0.1) is 16.7 Å². The van der Waals surface area contributed by atoms with Crippen LogP contribution in [0.5, 0.6) is 0 Å². The molecule has 3 heterocycles. The molecule has 0 aliphatic carbocycles. The van der Waals surface area contributed by atoms with Crippen LogP contribution in [0.15, 0.2) is 36.0 Å². The molecule has 1 unspecified atom stereocenters. The third kappa shape index (κ3) is 6.99. The summed E-state index contributed by atoms with van der Waals surface area (Å²) >= 11 is 1.59. The SMILES string of the molecule is N#Cc1ccc(CN2CCOCC3(CC(=O)N(Cc4cncs4)C3)C2)cc1.O=C(O)C(F)(F)F. The molecule has 0 bridgehead atoms. The van der Waals surface area contributed by atoms with Gasteiger partial charge in [0.25, 0.3) is 0 Å². The number of carboxylic acid groups (broad SMARTS) is 1. The monoisotopic (exact) mass is 496 g/mol. The number of benzene rings is 1. The molecule has 2 saturated heterocycles. The van der Waals surface area contributed by atoms with Gasteiger partial charge in [-0.05, 0) is 17.7 Å². The number of carboxylic acids is 1. The van der Waals surface area contributed by atoms with E-state index in [1.807, 2.05) is 35.4 Å². The second-order valence-corrected chi connectivity index (χ2v) is 9.24. The summed E-state index contributed by atoms with van der Waals surface area (Å²) in [5, 5.41) is 16.1. The highest BCUT2D eigenvalue weighted by Crippen LogP contribution is 2.35. The Morgan fingerprint density at radius 1 is 1.26 bits per heavy atom. The maximum atomic E-state index is 12.6. The highest BCUT2D eigenvalue weighted by molar-refractivity contribution is 7.09. The van der Waals surface area contributed by atoms with Crippen LogP contribution in [0.4, 0.5) is 13.2 Å². The number of ether oxygens (including phenoxy) is 1. The minimum absolute atomic E-state index is 0.148. The van der Waals surface area contributed by atoms with E-state index in [1.54, 1.807) is 16.8 Å². The predicted octanol–water partition coefficient (Wildman–Crippen LogP) is 2.90. The summed E-state index contributed by atoms with van der Waals surface area (Å²) < 4.78 is 37.6. The third-order valence-electron chi connectivity index (χ3n) is 5.49. The van der Waals surface area contributed by atoms with Crippen LogP contribution >= 0.6 is 11.3 Å². The number of aromatic nitrogens is 1. The van der Waals surface area contributed by atoms with Gasteiger partial charge in [-0.1, -0.05) is 12.1 Å². The van der Waals surface area contributed by atoms with Gasteiger partial charge in [0.15, 0.2) is 0 Å². The van der Waals surface area contributed by atoms with Crippen molar-refractivity contribution >= 4 is 23.2 Å². The smallest absolute Gasteiger partial charge is 0.475 e. The minimum Gasteiger partial charge on any atom is -0.475 e. The maximum Gasteiger partial charge on any atom is 0.490 e. The first-order valence-electron chi connectivity index (χ1n) is 10.3. The Morgan fingerprint density at radius 2 is 1.97 bits per heavy atom. The number of hydrogen-bond acceptors (Lipinski definition) is 7. The summed E-state index contributed by atoms with van der Waals surface area (Å²) in [5.41, 5.74) is 3.51. The summed E-state index contributed by atoms with van der Waals surface area (Å²) in [4.78, 5) is 31.1. The maximum absolute atomic E-state index is 12.6. The van der Waals surface area contributed by atoms with Crippen molar-refractivity contribution < 1.29 is 32.6 Å². The predicted molar refractivity (Wildman–Crippen MR) is 116 cm³/mol. The van der Waals surface area contributed by atoms with Gasteiger partial charge in [-0.25, -0.2) is 4.79 Å². The Bertz CT molecular complexity index is 1020. The van der Waals surface area contributed by atoms with Gasteiger partial charge in [-0.15, -0.1) is 11.3 Å². The number of amides is 1. The first-order chi connectivity index (χ1) is 16.1. The van der Waals surface area contributed by atoms with E-state index >= 15 is 0 Å². The number of likely N-dealkylation sites (tertiary alicyclic amines) is 1. The first-order valence-corrected chi connectivity index (χ1v) is 11.2. The lowest BCUT2D eigenvalue weighted by Gasteiger charge is -2.31. The number of halogens is 3. The van der Waals surface area contributed by atoms with Crippen molar-refractivity contribution in [1.82, 2.24) is 14.8 Å². The fourth-order valence-corrected chi connectivity index (χ4v) is 4.60. The molecule has 1 spiro atoms. The van der Waals surface area contributed by atoms with Crippen molar-refractivity contribution in [2.45, 2.75) is 25.7 Å². The molecule has 2 aliphatic heterocycles. The van der Waals surface area contributed by atoms with Crippen molar-refractivity contribution in [3.63, 3.8) is 0 Å². The van der Waals surface area contributed by atoms with Crippen molar-refractivity contribution in [2.24, 2.45) is 5.41 Å². The summed E-state index contributed by atoms with van der Waals surface area (Å²) in [5.74, 6) is -2.56. The molecule has 2 aliphatic rings. The van der Waals surface area contributed by atoms with E-state index in [4.69, 9.17) is 19.9 Å². The number of aliphatic carboxylic acids is 1. The second-order valence-electron chi connectivity index (χ2n) is 8.27. The van der Waals surface area contributed by atoms with Gasteiger partial charge >= 0.3 is 12.1 Å². The summed E-state index contributed by atoms with van der Waals surface area (Å²) in [6.07, 6.45) is -2.71. The average Bonchev–Trinajstić information content (AvgIpc) is 3.34. The minimum atomic E-state index is -5.08. The standard InChI is InChI=1S/C20H22N4O2S.C2HF3O2/c21-8-16-1-3-17(4-2-16)10-23-5-6-26-14-20(12-23)7-19(25)24(13-20)11-18-9-22-15-27-18;3-2(4,5)1(6)7/h1-4,9,15H,5-7,10-14H2;(H,6,7). The second kappa shape index (κ2) is 10.9. The summed E-state index contributed by atoms with van der Waals surface area (Å²) in [6.45, 7) is 5.18. The molecule has 1 amide bonds. The fraction of sp³-hybridized carbons (Fsp3) is 0.455. The number of nitriles is 1. The normalized spacial score (nSPS) is 21.0. The third-order valence-corrected chi connectivity index (χ3v) is 6.25. The van der Waals surface area contributed by atoms with Gasteiger partial charge < -0.3 is 14.7 Å². The average molecular weight is 497 g/mol. The molecule has 34 heavy (non-hydrogen) atoms. The Balaban J connectivity index is 0.000000406. The van der Waals surface area contributed by atoms with Gasteiger partial charge in [0.05, 0.1) is 36.9 Å². The molecule has 0 radical (unpaired) electrons. The van der Waals surface area contributed by atoms with Crippen LogP contribution < -0.4 is 0 Å². The highest BCUT2D eigenvalue weighted by Gasteiger charge is 2.45. The Labute approximate surface area is 198 Å². The zero-order valence-electron chi connectivity index (χ0n) is 18.1. The Hall–Kier alpha value is -3.01. The molecule has 2 aromatic rings. The van der Waals surface area contributed by atoms with Crippen LogP contribution in [0.25, 0.3) is 0 Å². The Kier molecular flexibility index (Phi) is 8.24. The van der Waals surface area contributed by atoms with Crippen molar-refractivity contribution in [1.29, 1.82) is 5.26 Å². The number of hydrogen-bond donors (Lipinski definition) is 1. The topological polar surface area (TPSA) is 107 Å². The van der Waals surface area contributed by atoms with E-state index in [0.29, 0.717) is 31.7 Å². The van der Waals surface area contributed by atoms with Gasteiger partial charge in [-0.3, -0.25) is 14.7 Å². The number of carbonyl (C=O) groups is 2. The molecular formula is C22H23F3N4O4S. The molecule has 1 aromatic carbocycles. The quantitative estimate of drug-likeness (QED) is 0.694. The number of thiazole rings is 1. The van der Waals surface area contributed by atoms with Crippen molar-refractivity contribution in [2.75, 3.05) is 32.8 Å². The van der Waals surface area contributed by atoms with Crippen LogP contribution in [0.1, 0.15) is 22.4 Å². The molecule has 1 atom stereocenters. The number of rotatable bonds is 4. The van der Waals surface area contributed by atoms with Gasteiger partial charge in [0.2, 0.25) is 5.91 Å². The lowest BCUT2D eigenvalue weighted by Crippen LogP contribution is -2.40. The molecule has 1 N–H and O–H groups in total. The van der Waals surface area contributed by atoms with E-state index in [1.165, 1.54) is 5.56 Å². The lowest BCUT2D eigenvalue weighted by molar-refractivity contribution is -0.192. The van der Waals surface area contributed by atoms with E-state index in [0.717, 1.165) is 31.1 Å². The summed E-state index contributed by atoms with van der Waals surface area (Å²) in [6, 6.07) is 9.88. The fourth-order valence-electron chi connectivity index (χ4n) is 4.00. The van der Waals surface area contributed by atoms with Gasteiger partial charge in [-0.2, -0.15) is 18.4 Å². The lowest BCUT2D eigenvalue weighted by atomic mass is 9.87. The largest absolute Gasteiger partial charge is 0.490 e. The molecule has 12 heteroatoms.